The zero-order valence-electron chi connectivity index (χ0n) is 20.0. The number of amides is 2. The van der Waals surface area contributed by atoms with E-state index in [1.54, 1.807) is 30.3 Å². The zero-order chi connectivity index (χ0) is 24.6. The van der Waals surface area contributed by atoms with Gasteiger partial charge in [-0.15, -0.1) is 0 Å². The molecule has 2 amide bonds. The van der Waals surface area contributed by atoms with Gasteiger partial charge in [-0.25, -0.2) is 8.42 Å². The van der Waals surface area contributed by atoms with Crippen molar-refractivity contribution in [1.82, 2.24) is 10.2 Å². The molecule has 34 heavy (non-hydrogen) atoms. The number of carbonyl (C=O) groups excluding carboxylic acids is 2. The Morgan fingerprint density at radius 2 is 1.56 bits per heavy atom. The summed E-state index contributed by atoms with van der Waals surface area (Å²) in [6.07, 6.45) is 6.78. The first-order valence-corrected chi connectivity index (χ1v) is 13.8. The minimum absolute atomic E-state index is 0.126. The largest absolute Gasteiger partial charge is 0.352 e. The number of sulfonamides is 1. The van der Waals surface area contributed by atoms with Gasteiger partial charge in [0.15, 0.2) is 0 Å². The summed E-state index contributed by atoms with van der Waals surface area (Å²) >= 11 is 0. The van der Waals surface area contributed by atoms with Crippen LogP contribution in [0.5, 0.6) is 0 Å². The summed E-state index contributed by atoms with van der Waals surface area (Å²) in [5.74, 6) is -0.590. The molecule has 0 heterocycles. The quantitative estimate of drug-likeness (QED) is 0.556. The molecule has 2 aromatic carbocycles. The molecule has 1 saturated carbocycles. The lowest BCUT2D eigenvalue weighted by Crippen LogP contribution is -2.53. The molecule has 0 unspecified atom stereocenters. The van der Waals surface area contributed by atoms with E-state index in [0.29, 0.717) is 12.1 Å². The lowest BCUT2D eigenvalue weighted by Gasteiger charge is -2.34. The molecule has 1 aliphatic carbocycles. The Morgan fingerprint density at radius 1 is 0.971 bits per heavy atom. The molecule has 1 fully saturated rings. The van der Waals surface area contributed by atoms with Gasteiger partial charge in [-0.1, -0.05) is 74.7 Å². The summed E-state index contributed by atoms with van der Waals surface area (Å²) in [6.45, 7) is 1.73. The maximum absolute atomic E-state index is 13.6. The second kappa shape index (κ2) is 12.0. The smallest absolute Gasteiger partial charge is 0.244 e. The van der Waals surface area contributed by atoms with E-state index < -0.39 is 22.0 Å². The van der Waals surface area contributed by atoms with Crippen molar-refractivity contribution in [3.05, 3.63) is 66.2 Å². The lowest BCUT2D eigenvalue weighted by atomic mass is 9.95. The van der Waals surface area contributed by atoms with Gasteiger partial charge < -0.3 is 10.2 Å². The van der Waals surface area contributed by atoms with Crippen LogP contribution in [-0.4, -0.2) is 50.0 Å². The Balaban J connectivity index is 1.87. The molecule has 0 spiro atoms. The minimum atomic E-state index is -3.71. The van der Waals surface area contributed by atoms with Crippen LogP contribution < -0.4 is 9.62 Å². The third kappa shape index (κ3) is 7.06. The number of hydrogen-bond acceptors (Lipinski definition) is 4. The fourth-order valence-electron chi connectivity index (χ4n) is 4.45. The Bertz CT molecular complexity index is 1040. The normalized spacial score (nSPS) is 15.4. The number of nitrogens with one attached hydrogen (secondary N) is 1. The Kier molecular flexibility index (Phi) is 9.10. The molecule has 3 rings (SSSR count). The van der Waals surface area contributed by atoms with Gasteiger partial charge in [0, 0.05) is 12.6 Å². The van der Waals surface area contributed by atoms with E-state index in [9.17, 15) is 18.0 Å². The number of nitrogens with zero attached hydrogens (tertiary/aromatic N) is 2. The van der Waals surface area contributed by atoms with E-state index in [0.717, 1.165) is 41.8 Å². The monoisotopic (exact) mass is 485 g/mol. The van der Waals surface area contributed by atoms with Crippen LogP contribution in [0, 0.1) is 0 Å². The Hall–Kier alpha value is -2.87. The van der Waals surface area contributed by atoms with Gasteiger partial charge in [-0.2, -0.15) is 0 Å². The Morgan fingerprint density at radius 3 is 2.12 bits per heavy atom. The number of benzene rings is 2. The van der Waals surface area contributed by atoms with E-state index in [4.69, 9.17) is 0 Å². The molecular weight excluding hydrogens is 450 g/mol. The molecular formula is C26H35N3O4S. The highest BCUT2D eigenvalue weighted by atomic mass is 32.2. The predicted molar refractivity (Wildman–Crippen MR) is 135 cm³/mol. The van der Waals surface area contributed by atoms with Crippen LogP contribution in [0.3, 0.4) is 0 Å². The summed E-state index contributed by atoms with van der Waals surface area (Å²) in [5.41, 5.74) is 1.29. The molecule has 2 aromatic rings. The predicted octanol–water partition coefficient (Wildman–Crippen LogP) is 3.71. The van der Waals surface area contributed by atoms with E-state index in [-0.39, 0.29) is 25.0 Å². The van der Waals surface area contributed by atoms with Crippen LogP contribution in [0.15, 0.2) is 60.7 Å². The first-order chi connectivity index (χ1) is 16.3. The van der Waals surface area contributed by atoms with Crippen molar-refractivity contribution in [2.75, 3.05) is 17.1 Å². The SMILES string of the molecule is CC[C@H](C(=O)NC1CCCCC1)N(Cc1ccccc1)C(=O)CN(c1ccccc1)S(C)(=O)=O. The molecule has 0 bridgehead atoms. The maximum atomic E-state index is 13.6. The van der Waals surface area contributed by atoms with Gasteiger partial charge in [0.25, 0.3) is 0 Å². The van der Waals surface area contributed by atoms with Crippen molar-refractivity contribution < 1.29 is 18.0 Å². The van der Waals surface area contributed by atoms with Crippen molar-refractivity contribution in [1.29, 1.82) is 0 Å². The van der Waals surface area contributed by atoms with Crippen molar-refractivity contribution in [3.8, 4) is 0 Å². The van der Waals surface area contributed by atoms with E-state index in [1.165, 1.54) is 11.3 Å². The summed E-state index contributed by atoms with van der Waals surface area (Å²) < 4.78 is 26.2. The number of carbonyl (C=O) groups is 2. The van der Waals surface area contributed by atoms with E-state index in [1.807, 2.05) is 37.3 Å². The number of para-hydroxylation sites is 1. The molecule has 8 heteroatoms. The van der Waals surface area contributed by atoms with Gasteiger partial charge in [-0.3, -0.25) is 13.9 Å². The van der Waals surface area contributed by atoms with Crippen molar-refractivity contribution in [3.63, 3.8) is 0 Å². The minimum Gasteiger partial charge on any atom is -0.352 e. The summed E-state index contributed by atoms with van der Waals surface area (Å²) in [7, 11) is -3.71. The highest BCUT2D eigenvalue weighted by Gasteiger charge is 2.32. The first kappa shape index (κ1) is 25.7. The summed E-state index contributed by atoms with van der Waals surface area (Å²) in [6, 6.07) is 17.5. The average Bonchev–Trinajstić information content (AvgIpc) is 2.83. The number of anilines is 1. The highest BCUT2D eigenvalue weighted by molar-refractivity contribution is 7.92. The zero-order valence-corrected chi connectivity index (χ0v) is 20.8. The topological polar surface area (TPSA) is 86.8 Å². The van der Waals surface area contributed by atoms with Gasteiger partial charge in [0.2, 0.25) is 21.8 Å². The van der Waals surface area contributed by atoms with Crippen LogP contribution in [0.2, 0.25) is 0 Å². The first-order valence-electron chi connectivity index (χ1n) is 12.0. The molecule has 0 aliphatic heterocycles. The second-order valence-electron chi connectivity index (χ2n) is 8.88. The summed E-state index contributed by atoms with van der Waals surface area (Å²) in [4.78, 5) is 28.4. The van der Waals surface area contributed by atoms with E-state index >= 15 is 0 Å². The van der Waals surface area contributed by atoms with Crippen LogP contribution in [0.4, 0.5) is 5.69 Å². The van der Waals surface area contributed by atoms with Gasteiger partial charge in [0.05, 0.1) is 11.9 Å². The van der Waals surface area contributed by atoms with Gasteiger partial charge in [0.1, 0.15) is 12.6 Å². The van der Waals surface area contributed by atoms with Crippen LogP contribution in [0.1, 0.15) is 51.0 Å². The fraction of sp³-hybridized carbons (Fsp3) is 0.462. The second-order valence-corrected chi connectivity index (χ2v) is 10.8. The van der Waals surface area contributed by atoms with Gasteiger partial charge in [-0.05, 0) is 37.0 Å². The third-order valence-electron chi connectivity index (χ3n) is 6.26. The Labute approximate surface area is 203 Å². The van der Waals surface area contributed by atoms with Gasteiger partial charge >= 0.3 is 0 Å². The molecule has 184 valence electrons. The van der Waals surface area contributed by atoms with Crippen LogP contribution in [0.25, 0.3) is 0 Å². The molecule has 0 aromatic heterocycles. The van der Waals surface area contributed by atoms with Crippen LogP contribution in [-0.2, 0) is 26.2 Å². The van der Waals surface area contributed by atoms with Crippen molar-refractivity contribution >= 4 is 27.5 Å². The molecule has 1 N–H and O–H groups in total. The van der Waals surface area contributed by atoms with Crippen molar-refractivity contribution in [2.45, 2.75) is 64.1 Å². The van der Waals surface area contributed by atoms with E-state index in [2.05, 4.69) is 5.32 Å². The molecule has 0 saturated heterocycles. The molecule has 0 radical (unpaired) electrons. The molecule has 7 nitrogen and oxygen atoms in total. The molecule has 1 atom stereocenters. The number of hydrogen-bond donors (Lipinski definition) is 1. The number of rotatable bonds is 10. The average molecular weight is 486 g/mol. The lowest BCUT2D eigenvalue weighted by molar-refractivity contribution is -0.140. The fourth-order valence-corrected chi connectivity index (χ4v) is 5.30. The van der Waals surface area contributed by atoms with Crippen LogP contribution >= 0.6 is 0 Å². The molecule has 1 aliphatic rings. The van der Waals surface area contributed by atoms with Crippen molar-refractivity contribution in [2.24, 2.45) is 0 Å². The maximum Gasteiger partial charge on any atom is 0.244 e. The highest BCUT2D eigenvalue weighted by Crippen LogP contribution is 2.21. The third-order valence-corrected chi connectivity index (χ3v) is 7.40. The summed E-state index contributed by atoms with van der Waals surface area (Å²) in [5, 5.41) is 3.14. The standard InChI is InChI=1S/C26H35N3O4S/c1-3-24(26(31)27-22-15-9-5-10-16-22)28(19-21-13-7-4-8-14-21)25(30)20-29(34(2,32)33)23-17-11-6-12-18-23/h4,6-8,11-14,17-18,22,24H,3,5,9-10,15-16,19-20H2,1-2H3,(H,27,31)/t24-/m1/s1.